The molecule has 2 aliphatic rings. The lowest BCUT2D eigenvalue weighted by atomic mass is 9.67. The van der Waals surface area contributed by atoms with Crippen molar-refractivity contribution in [2.24, 2.45) is 5.92 Å². The van der Waals surface area contributed by atoms with E-state index in [0.29, 0.717) is 5.92 Å². The van der Waals surface area contributed by atoms with Crippen LogP contribution in [0.4, 0.5) is 0 Å². The number of fused-ring (bicyclic) bond motifs is 7. The number of hydrogen-bond donors (Lipinski definition) is 0. The standard InChI is InChI=1S/C41H32.C15H16O.C7H8/c1-5-34-35(6-2)40-36-22-18-28(4)24-38(36)41(32-13-9-7-10-14-32,33-15-11-8-12-16-33)39(40)26-37(34)31-21-20-29-23-27(3)17-19-30(29)25-31;1-10(2)11-7-5-9-14-15(11)12-6-3-4-8-13(12)16-14;1-7-5-3-2-4-6-7/h5-26H,1-2H2,3-4H3;3-4,6-8,10H,5,9H2,1-2H3;2-6H,1H3. The molecule has 1 heterocycles. The van der Waals surface area contributed by atoms with E-state index in [1.54, 1.807) is 0 Å². The largest absolute Gasteiger partial charge is 0.460 e. The van der Waals surface area contributed by atoms with Crippen molar-refractivity contribution in [1.29, 1.82) is 0 Å². The normalized spacial score (nSPS) is 13.1. The Balaban J connectivity index is 0.000000183. The molecule has 0 bridgehead atoms. The van der Waals surface area contributed by atoms with Gasteiger partial charge in [0.05, 0.1) is 5.41 Å². The molecule has 0 aliphatic heterocycles. The summed E-state index contributed by atoms with van der Waals surface area (Å²) >= 11 is 0. The Labute approximate surface area is 379 Å². The smallest absolute Gasteiger partial charge is 0.134 e. The first kappa shape index (κ1) is 42.1. The molecule has 11 rings (SSSR count). The van der Waals surface area contributed by atoms with Gasteiger partial charge in [-0.1, -0.05) is 220 Å². The van der Waals surface area contributed by atoms with Gasteiger partial charge in [-0.15, -0.1) is 0 Å². The minimum atomic E-state index is -0.473. The van der Waals surface area contributed by atoms with Crippen molar-refractivity contribution in [2.75, 3.05) is 0 Å². The van der Waals surface area contributed by atoms with Crippen molar-refractivity contribution in [3.8, 4) is 22.3 Å². The summed E-state index contributed by atoms with van der Waals surface area (Å²) in [5.41, 5.74) is 19.5. The van der Waals surface area contributed by atoms with Crippen molar-refractivity contribution in [3.05, 3.63) is 257 Å². The van der Waals surface area contributed by atoms with E-state index in [2.05, 4.69) is 206 Å². The van der Waals surface area contributed by atoms with Gasteiger partial charge in [-0.2, -0.15) is 0 Å². The second-order valence-electron chi connectivity index (χ2n) is 17.6. The first-order valence-electron chi connectivity index (χ1n) is 22.6. The maximum absolute atomic E-state index is 5.93. The number of hydrogen-bond acceptors (Lipinski definition) is 1. The highest BCUT2D eigenvalue weighted by atomic mass is 16.3. The second-order valence-corrected chi connectivity index (χ2v) is 17.6. The Morgan fingerprint density at radius 1 is 0.531 bits per heavy atom. The summed E-state index contributed by atoms with van der Waals surface area (Å²) in [6.07, 6.45) is 8.56. The zero-order chi connectivity index (χ0) is 44.4. The molecular formula is C63H56O. The highest BCUT2D eigenvalue weighted by Gasteiger charge is 2.47. The van der Waals surface area contributed by atoms with Crippen LogP contribution < -0.4 is 0 Å². The fourth-order valence-corrected chi connectivity index (χ4v) is 10.1. The molecule has 1 nitrogen and oxygen atoms in total. The maximum atomic E-state index is 5.93. The Morgan fingerprint density at radius 2 is 1.12 bits per heavy atom. The van der Waals surface area contributed by atoms with Crippen LogP contribution in [0.5, 0.6) is 0 Å². The predicted molar refractivity (Wildman–Crippen MR) is 275 cm³/mol. The van der Waals surface area contributed by atoms with Gasteiger partial charge in [0.2, 0.25) is 0 Å². The summed E-state index contributed by atoms with van der Waals surface area (Å²) in [7, 11) is 0. The average Bonchev–Trinajstić information content (AvgIpc) is 3.85. The Bertz CT molecular complexity index is 3140. The summed E-state index contributed by atoms with van der Waals surface area (Å²) < 4.78 is 5.93. The molecule has 0 amide bonds. The first-order valence-corrected chi connectivity index (χ1v) is 22.6. The Hall–Kier alpha value is -7.22. The molecular weight excluding hydrogens is 773 g/mol. The van der Waals surface area contributed by atoms with E-state index in [4.69, 9.17) is 4.42 Å². The van der Waals surface area contributed by atoms with Gasteiger partial charge in [-0.3, -0.25) is 0 Å². The lowest BCUT2D eigenvalue weighted by Crippen LogP contribution is -2.28. The van der Waals surface area contributed by atoms with Gasteiger partial charge in [-0.25, -0.2) is 0 Å². The molecule has 0 saturated heterocycles. The monoisotopic (exact) mass is 828 g/mol. The van der Waals surface area contributed by atoms with Crippen LogP contribution in [0, 0.1) is 26.7 Å². The van der Waals surface area contributed by atoms with Crippen molar-refractivity contribution in [2.45, 2.75) is 52.9 Å². The van der Waals surface area contributed by atoms with E-state index >= 15 is 0 Å². The summed E-state index contributed by atoms with van der Waals surface area (Å²) in [5.74, 6) is 1.74. The zero-order valence-electron chi connectivity index (χ0n) is 37.8. The molecule has 1 aromatic heterocycles. The molecule has 0 atom stereocenters. The first-order chi connectivity index (χ1) is 31.2. The summed E-state index contributed by atoms with van der Waals surface area (Å²) in [4.78, 5) is 0. The predicted octanol–water partition coefficient (Wildman–Crippen LogP) is 17.2. The van der Waals surface area contributed by atoms with Gasteiger partial charge in [0.25, 0.3) is 0 Å². The number of allylic oxidation sites excluding steroid dienone is 2. The Morgan fingerprint density at radius 3 is 1.77 bits per heavy atom. The van der Waals surface area contributed by atoms with Crippen molar-refractivity contribution in [1.82, 2.24) is 0 Å². The minimum Gasteiger partial charge on any atom is -0.460 e. The molecule has 2 aliphatic carbocycles. The third kappa shape index (κ3) is 7.56. The summed E-state index contributed by atoms with van der Waals surface area (Å²) in [6.45, 7) is 19.6. The van der Waals surface area contributed by atoms with Crippen LogP contribution >= 0.6 is 0 Å². The molecule has 314 valence electrons. The van der Waals surface area contributed by atoms with E-state index in [0.717, 1.165) is 29.6 Å². The van der Waals surface area contributed by atoms with Crippen LogP contribution in [0.1, 0.15) is 81.7 Å². The molecule has 64 heavy (non-hydrogen) atoms. The quantitative estimate of drug-likeness (QED) is 0.163. The van der Waals surface area contributed by atoms with Gasteiger partial charge in [-0.05, 0) is 123 Å². The van der Waals surface area contributed by atoms with Crippen LogP contribution in [0.25, 0.3) is 61.7 Å². The lowest BCUT2D eigenvalue weighted by Gasteiger charge is -2.34. The van der Waals surface area contributed by atoms with E-state index in [-0.39, 0.29) is 0 Å². The van der Waals surface area contributed by atoms with Crippen molar-refractivity contribution < 1.29 is 4.42 Å². The van der Waals surface area contributed by atoms with Gasteiger partial charge in [0, 0.05) is 17.4 Å². The second kappa shape index (κ2) is 17.9. The fourth-order valence-electron chi connectivity index (χ4n) is 10.1. The third-order valence-electron chi connectivity index (χ3n) is 13.0. The average molecular weight is 829 g/mol. The van der Waals surface area contributed by atoms with E-state index < -0.39 is 5.41 Å². The fraction of sp³-hybridized carbons (Fsp3) is 0.143. The molecule has 0 unspecified atom stereocenters. The van der Waals surface area contributed by atoms with Gasteiger partial charge < -0.3 is 4.42 Å². The molecule has 0 spiro atoms. The van der Waals surface area contributed by atoms with Crippen LogP contribution in [-0.4, -0.2) is 0 Å². The molecule has 1 heteroatoms. The van der Waals surface area contributed by atoms with Gasteiger partial charge >= 0.3 is 0 Å². The summed E-state index contributed by atoms with van der Waals surface area (Å²) in [5, 5.41) is 3.77. The maximum Gasteiger partial charge on any atom is 0.134 e. The van der Waals surface area contributed by atoms with Crippen molar-refractivity contribution in [3.63, 3.8) is 0 Å². The highest BCUT2D eigenvalue weighted by Crippen LogP contribution is 2.59. The van der Waals surface area contributed by atoms with Crippen molar-refractivity contribution >= 4 is 39.5 Å². The molecule has 9 aromatic rings. The molecule has 0 N–H and O–H groups in total. The third-order valence-corrected chi connectivity index (χ3v) is 13.0. The SMILES string of the molecule is C=Cc1c(-c2ccc3cc(C)ccc3c2)cc2c(c1C=C)-c1ccc(C)cc1C2(c1ccccc1)c1ccccc1.CC(C)C1=CCCc2oc3ccccc3c21.Cc1ccccc1. The zero-order valence-corrected chi connectivity index (χ0v) is 37.8. The van der Waals surface area contributed by atoms with Gasteiger partial charge in [0.15, 0.2) is 0 Å². The molecule has 8 aromatic carbocycles. The summed E-state index contributed by atoms with van der Waals surface area (Å²) in [6, 6.07) is 63.4. The number of aryl methyl sites for hydroxylation is 4. The van der Waals surface area contributed by atoms with E-state index in [9.17, 15) is 0 Å². The number of para-hydroxylation sites is 1. The van der Waals surface area contributed by atoms with Crippen LogP contribution in [0.3, 0.4) is 0 Å². The number of benzene rings is 8. The number of rotatable bonds is 6. The van der Waals surface area contributed by atoms with E-state index in [1.807, 2.05) is 36.4 Å². The van der Waals surface area contributed by atoms with Crippen LogP contribution in [0.15, 0.2) is 200 Å². The molecule has 0 radical (unpaired) electrons. The topological polar surface area (TPSA) is 13.1 Å². The lowest BCUT2D eigenvalue weighted by molar-refractivity contribution is 0.543. The highest BCUT2D eigenvalue weighted by molar-refractivity contribution is 5.99. The van der Waals surface area contributed by atoms with Gasteiger partial charge in [0.1, 0.15) is 11.3 Å². The van der Waals surface area contributed by atoms with Crippen LogP contribution in [0.2, 0.25) is 0 Å². The van der Waals surface area contributed by atoms with E-state index in [1.165, 1.54) is 94.3 Å². The molecule has 0 saturated carbocycles. The Kier molecular flexibility index (Phi) is 11.8. The van der Waals surface area contributed by atoms with Crippen LogP contribution in [-0.2, 0) is 11.8 Å². The molecule has 0 fully saturated rings. The number of furan rings is 1. The minimum absolute atomic E-state index is 0.473.